The molecule has 0 saturated carbocycles. The number of rotatable bonds is 7. The fraction of sp³-hybridized carbons (Fsp3) is 0.167. The normalized spacial score (nSPS) is 10.6. The number of nitrogens with one attached hydrogen (secondary N) is 1. The molecule has 0 aliphatic rings. The topological polar surface area (TPSA) is 144 Å². The lowest BCUT2D eigenvalue weighted by Crippen LogP contribution is -2.34. The monoisotopic (exact) mass is 450 g/mol. The summed E-state index contributed by atoms with van der Waals surface area (Å²) < 4.78 is 0. The van der Waals surface area contributed by atoms with Gasteiger partial charge < -0.3 is 20.6 Å². The summed E-state index contributed by atoms with van der Waals surface area (Å²) in [5, 5.41) is 32.8. The summed E-state index contributed by atoms with van der Waals surface area (Å²) in [7, 11) is 0. The van der Waals surface area contributed by atoms with E-state index in [1.165, 1.54) is 30.3 Å². The predicted molar refractivity (Wildman–Crippen MR) is 121 cm³/mol. The summed E-state index contributed by atoms with van der Waals surface area (Å²) >= 11 is 0. The van der Waals surface area contributed by atoms with Crippen LogP contribution in [0.15, 0.2) is 54.6 Å². The largest absolute Gasteiger partial charge is 0.508 e. The molecule has 33 heavy (non-hydrogen) atoms. The van der Waals surface area contributed by atoms with E-state index in [1.807, 2.05) is 6.92 Å². The molecule has 0 aliphatic carbocycles. The Bertz CT molecular complexity index is 1250. The standard InChI is InChI=1S/C24H22N2O7/c1-2-3-11-25-21(28)15-8-10-17(23(30)31)20(12-15)26(22(29)24(32)33)19-6-4-5-14-7-9-16(27)13-18(14)19/h4-10,12-13,27H,2-3,11H2,1H3,(H,25,28)(H,30,31)(H,32,33). The second kappa shape index (κ2) is 9.82. The molecule has 0 bridgehead atoms. The second-order valence-electron chi connectivity index (χ2n) is 7.27. The SMILES string of the molecule is CCCCNC(=O)c1ccc(C(=O)O)c(N(C(=O)C(=O)O)c2cccc3ccc(O)cc23)c1. The van der Waals surface area contributed by atoms with Crippen LogP contribution < -0.4 is 10.2 Å². The summed E-state index contributed by atoms with van der Waals surface area (Å²) in [6.45, 7) is 2.37. The van der Waals surface area contributed by atoms with Crippen molar-refractivity contribution in [1.29, 1.82) is 0 Å². The second-order valence-corrected chi connectivity index (χ2v) is 7.27. The molecule has 3 aromatic rings. The van der Waals surface area contributed by atoms with Crippen LogP contribution in [0.4, 0.5) is 11.4 Å². The minimum atomic E-state index is -1.82. The summed E-state index contributed by atoms with van der Waals surface area (Å²) in [5.74, 6) is -5.26. The Balaban J connectivity index is 2.25. The Morgan fingerprint density at radius 1 is 0.939 bits per heavy atom. The van der Waals surface area contributed by atoms with Gasteiger partial charge in [0.1, 0.15) is 5.75 Å². The predicted octanol–water partition coefficient (Wildman–Crippen LogP) is 3.52. The fourth-order valence-corrected chi connectivity index (χ4v) is 3.40. The first-order chi connectivity index (χ1) is 15.7. The van der Waals surface area contributed by atoms with Gasteiger partial charge in [0.05, 0.1) is 16.9 Å². The number of aliphatic carboxylic acids is 1. The molecule has 170 valence electrons. The summed E-state index contributed by atoms with van der Waals surface area (Å²) in [4.78, 5) is 49.7. The molecule has 0 heterocycles. The zero-order chi connectivity index (χ0) is 24.1. The Morgan fingerprint density at radius 3 is 2.36 bits per heavy atom. The fourth-order valence-electron chi connectivity index (χ4n) is 3.40. The summed E-state index contributed by atoms with van der Waals surface area (Å²) in [6.07, 6.45) is 1.60. The lowest BCUT2D eigenvalue weighted by molar-refractivity contribution is -0.148. The van der Waals surface area contributed by atoms with Gasteiger partial charge in [0.25, 0.3) is 5.91 Å². The maximum absolute atomic E-state index is 12.8. The molecule has 9 nitrogen and oxygen atoms in total. The number of hydrogen-bond donors (Lipinski definition) is 4. The van der Waals surface area contributed by atoms with Crippen LogP contribution in [0.25, 0.3) is 10.8 Å². The molecule has 3 rings (SSSR count). The molecular formula is C24H22N2O7. The van der Waals surface area contributed by atoms with Crippen molar-refractivity contribution in [1.82, 2.24) is 5.32 Å². The minimum Gasteiger partial charge on any atom is -0.508 e. The Morgan fingerprint density at radius 2 is 1.70 bits per heavy atom. The molecule has 0 spiro atoms. The molecule has 0 aromatic heterocycles. The lowest BCUT2D eigenvalue weighted by atomic mass is 10.0. The third-order valence-corrected chi connectivity index (χ3v) is 5.02. The van der Waals surface area contributed by atoms with E-state index in [0.29, 0.717) is 17.3 Å². The van der Waals surface area contributed by atoms with Crippen molar-refractivity contribution in [3.63, 3.8) is 0 Å². The number of carboxylic acid groups (broad SMARTS) is 2. The van der Waals surface area contributed by atoms with E-state index in [1.54, 1.807) is 18.2 Å². The van der Waals surface area contributed by atoms with Crippen molar-refractivity contribution in [2.75, 3.05) is 11.4 Å². The van der Waals surface area contributed by atoms with Crippen molar-refractivity contribution < 1.29 is 34.5 Å². The number of fused-ring (bicyclic) bond motifs is 1. The van der Waals surface area contributed by atoms with Crippen LogP contribution in [0.2, 0.25) is 0 Å². The van der Waals surface area contributed by atoms with Crippen LogP contribution in [0.1, 0.15) is 40.5 Å². The van der Waals surface area contributed by atoms with Crippen LogP contribution >= 0.6 is 0 Å². The zero-order valence-corrected chi connectivity index (χ0v) is 17.7. The van der Waals surface area contributed by atoms with Crippen LogP contribution in [0, 0.1) is 0 Å². The number of carbonyl (C=O) groups excluding carboxylic acids is 2. The van der Waals surface area contributed by atoms with Gasteiger partial charge in [0.2, 0.25) is 0 Å². The van der Waals surface area contributed by atoms with Crippen molar-refractivity contribution in [3.05, 3.63) is 65.7 Å². The Hall–Kier alpha value is -4.40. The first-order valence-corrected chi connectivity index (χ1v) is 10.2. The number of phenols is 1. The van der Waals surface area contributed by atoms with E-state index in [9.17, 15) is 34.5 Å². The number of benzene rings is 3. The molecular weight excluding hydrogens is 428 g/mol. The van der Waals surface area contributed by atoms with E-state index >= 15 is 0 Å². The number of hydrogen-bond acceptors (Lipinski definition) is 5. The highest BCUT2D eigenvalue weighted by atomic mass is 16.4. The zero-order valence-electron chi connectivity index (χ0n) is 17.7. The van der Waals surface area contributed by atoms with Gasteiger partial charge >= 0.3 is 17.8 Å². The number of nitrogens with zero attached hydrogens (tertiary/aromatic N) is 1. The number of phenolic OH excluding ortho intramolecular Hbond substituents is 1. The molecule has 0 atom stereocenters. The Kier molecular flexibility index (Phi) is 6.92. The van der Waals surface area contributed by atoms with Crippen molar-refractivity contribution in [3.8, 4) is 5.75 Å². The third-order valence-electron chi connectivity index (χ3n) is 5.02. The average molecular weight is 450 g/mol. The first-order valence-electron chi connectivity index (χ1n) is 10.2. The molecule has 0 radical (unpaired) electrons. The van der Waals surface area contributed by atoms with E-state index in [-0.39, 0.29) is 28.3 Å². The maximum atomic E-state index is 12.8. The van der Waals surface area contributed by atoms with Crippen molar-refractivity contribution in [2.45, 2.75) is 19.8 Å². The van der Waals surface area contributed by atoms with E-state index < -0.39 is 23.8 Å². The number of carboxylic acids is 2. The molecule has 0 unspecified atom stereocenters. The van der Waals surface area contributed by atoms with Gasteiger partial charge in [-0.1, -0.05) is 31.5 Å². The van der Waals surface area contributed by atoms with Gasteiger partial charge in [-0.15, -0.1) is 0 Å². The van der Waals surface area contributed by atoms with E-state index in [2.05, 4.69) is 5.32 Å². The molecule has 3 aromatic carbocycles. The molecule has 2 amide bonds. The lowest BCUT2D eigenvalue weighted by Gasteiger charge is -2.25. The smallest absolute Gasteiger partial charge is 0.395 e. The quantitative estimate of drug-likeness (QED) is 0.318. The Labute approximate surface area is 188 Å². The number of carbonyl (C=O) groups is 4. The minimum absolute atomic E-state index is 0.0434. The molecule has 4 N–H and O–H groups in total. The highest BCUT2D eigenvalue weighted by Gasteiger charge is 2.30. The number of anilines is 2. The molecule has 0 saturated heterocycles. The average Bonchev–Trinajstić information content (AvgIpc) is 2.79. The van der Waals surface area contributed by atoms with Crippen LogP contribution in [-0.4, -0.2) is 45.6 Å². The van der Waals surface area contributed by atoms with Gasteiger partial charge in [0.15, 0.2) is 0 Å². The third kappa shape index (κ3) is 4.93. The number of aromatic carboxylic acids is 1. The van der Waals surface area contributed by atoms with Gasteiger partial charge in [-0.05, 0) is 48.2 Å². The van der Waals surface area contributed by atoms with Gasteiger partial charge in [-0.25, -0.2) is 9.59 Å². The first kappa shape index (κ1) is 23.3. The van der Waals surface area contributed by atoms with Crippen LogP contribution in [0.5, 0.6) is 5.75 Å². The number of unbranched alkanes of at least 4 members (excludes halogenated alkanes) is 1. The highest BCUT2D eigenvalue weighted by molar-refractivity contribution is 6.40. The molecule has 0 fully saturated rings. The maximum Gasteiger partial charge on any atom is 0.395 e. The van der Waals surface area contributed by atoms with Crippen molar-refractivity contribution in [2.24, 2.45) is 0 Å². The van der Waals surface area contributed by atoms with E-state index in [4.69, 9.17) is 0 Å². The van der Waals surface area contributed by atoms with Gasteiger partial charge in [-0.3, -0.25) is 14.5 Å². The molecule has 9 heteroatoms. The number of amides is 2. The summed E-state index contributed by atoms with van der Waals surface area (Å²) in [6, 6.07) is 12.7. The summed E-state index contributed by atoms with van der Waals surface area (Å²) in [5.41, 5.74) is -0.542. The highest BCUT2D eigenvalue weighted by Crippen LogP contribution is 2.36. The van der Waals surface area contributed by atoms with Crippen LogP contribution in [0.3, 0.4) is 0 Å². The number of aromatic hydroxyl groups is 1. The molecule has 0 aliphatic heterocycles. The van der Waals surface area contributed by atoms with Crippen molar-refractivity contribution >= 4 is 45.9 Å². The van der Waals surface area contributed by atoms with Crippen LogP contribution in [-0.2, 0) is 9.59 Å². The van der Waals surface area contributed by atoms with E-state index in [0.717, 1.165) is 23.8 Å². The van der Waals surface area contributed by atoms with Gasteiger partial charge in [0, 0.05) is 17.5 Å². The van der Waals surface area contributed by atoms with Gasteiger partial charge in [-0.2, -0.15) is 0 Å².